The smallest absolute Gasteiger partial charge is 0.408 e. The maximum atomic E-state index is 14.7. The minimum absolute atomic E-state index is 0.00676. The van der Waals surface area contributed by atoms with Crippen molar-refractivity contribution in [2.45, 2.75) is 103 Å². The highest BCUT2D eigenvalue weighted by Crippen LogP contribution is 2.52. The van der Waals surface area contributed by atoms with Crippen LogP contribution in [0.15, 0.2) is 18.2 Å². The molecule has 3 saturated carbocycles. The number of benzene rings is 1. The number of nitrogens with one attached hydrogen (secondary N) is 3. The zero-order valence-corrected chi connectivity index (χ0v) is 36.0. The van der Waals surface area contributed by atoms with E-state index in [1.54, 1.807) is 25.1 Å². The van der Waals surface area contributed by atoms with Gasteiger partial charge in [-0.3, -0.25) is 19.6 Å². The molecule has 2 aromatic heterocycles. The summed E-state index contributed by atoms with van der Waals surface area (Å²) in [5.74, 6) is -0.0676. The molecule has 5 fully saturated rings. The van der Waals surface area contributed by atoms with Crippen molar-refractivity contribution in [3.63, 3.8) is 0 Å². The van der Waals surface area contributed by atoms with Gasteiger partial charge in [0, 0.05) is 37.5 Å². The van der Waals surface area contributed by atoms with E-state index < -0.39 is 53.0 Å². The number of aryl methyl sites for hydroxylation is 1. The lowest BCUT2D eigenvalue weighted by molar-refractivity contribution is -0.146. The Morgan fingerprint density at radius 1 is 1.07 bits per heavy atom. The van der Waals surface area contributed by atoms with Gasteiger partial charge in [-0.15, -0.1) is 5.10 Å². The van der Waals surface area contributed by atoms with Crippen molar-refractivity contribution in [1.82, 2.24) is 40.6 Å². The highest BCUT2D eigenvalue weighted by Gasteiger charge is 2.61. The van der Waals surface area contributed by atoms with Crippen LogP contribution in [0.5, 0.6) is 23.4 Å². The average Bonchev–Trinajstić information content (AvgIpc) is 3.92. The van der Waals surface area contributed by atoms with Crippen LogP contribution in [0, 0.1) is 30.1 Å². The van der Waals surface area contributed by atoms with Crippen LogP contribution in [0.3, 0.4) is 0 Å². The number of fused-ring (bicyclic) bond motifs is 2. The van der Waals surface area contributed by atoms with Crippen LogP contribution in [0.25, 0.3) is 10.9 Å². The van der Waals surface area contributed by atoms with E-state index in [1.807, 2.05) is 27.7 Å². The zero-order valence-electron chi connectivity index (χ0n) is 35.2. The number of alkyl carbamates (subject to hydrolysis) is 1. The number of likely N-dealkylation sites (tertiary alicyclic amines) is 1. The maximum absolute atomic E-state index is 14.7. The van der Waals surface area contributed by atoms with Gasteiger partial charge in [0.2, 0.25) is 17.7 Å². The SMILES string of the molecule is CC[C@@H]1C[C@]1(NC(=O)[C@@H]1C[C@@H](Oc2cc(Oc3n[nH]c(C)n3)nc3c(Cl)c(OCCN4CCOCC4)ccc23)CN1C(=O)[C@@H](NC(=O)OC1C[C@@H]2C[C@@H]2C1)C(C)(C)C)C(=O)O. The average molecular weight is 867 g/mol. The summed E-state index contributed by atoms with van der Waals surface area (Å²) in [5.41, 5.74) is -1.92. The van der Waals surface area contributed by atoms with Gasteiger partial charge in [0.1, 0.15) is 64.3 Å². The number of rotatable bonds is 15. The van der Waals surface area contributed by atoms with E-state index >= 15 is 0 Å². The quantitative estimate of drug-likeness (QED) is 0.166. The fourth-order valence-corrected chi connectivity index (χ4v) is 9.30. The molecular weight excluding hydrogens is 812 g/mol. The van der Waals surface area contributed by atoms with Crippen molar-refractivity contribution < 1.29 is 48.0 Å². The minimum Gasteiger partial charge on any atom is -0.491 e. The van der Waals surface area contributed by atoms with Gasteiger partial charge in [0.05, 0.1) is 19.8 Å². The van der Waals surface area contributed by atoms with E-state index in [9.17, 15) is 24.3 Å². The van der Waals surface area contributed by atoms with Crippen LogP contribution >= 0.6 is 11.6 Å². The van der Waals surface area contributed by atoms with Crippen molar-refractivity contribution in [3.05, 3.63) is 29.0 Å². The fraction of sp³-hybridized carbons (Fsp3) is 0.643. The number of morpholine rings is 1. The van der Waals surface area contributed by atoms with E-state index in [0.717, 1.165) is 32.4 Å². The number of halogens is 1. The lowest BCUT2D eigenvalue weighted by atomic mass is 9.85. The molecule has 3 aliphatic carbocycles. The Labute approximate surface area is 358 Å². The molecule has 2 saturated heterocycles. The second-order valence-electron chi connectivity index (χ2n) is 18.1. The van der Waals surface area contributed by atoms with Gasteiger partial charge in [-0.05, 0) is 67.9 Å². The van der Waals surface area contributed by atoms with Crippen molar-refractivity contribution >= 4 is 46.4 Å². The zero-order chi connectivity index (χ0) is 43.2. The predicted octanol–water partition coefficient (Wildman–Crippen LogP) is 4.48. The van der Waals surface area contributed by atoms with Crippen LogP contribution in [-0.2, 0) is 23.9 Å². The lowest BCUT2D eigenvalue weighted by Gasteiger charge is -2.35. The van der Waals surface area contributed by atoms with Gasteiger partial charge >= 0.3 is 18.1 Å². The molecule has 1 aromatic carbocycles. The number of nitrogens with zero attached hydrogens (tertiary/aromatic N) is 5. The Bertz CT molecular complexity index is 2150. The topological polar surface area (TPSA) is 220 Å². The maximum Gasteiger partial charge on any atom is 0.408 e. The molecule has 8 atom stereocenters. The highest BCUT2D eigenvalue weighted by molar-refractivity contribution is 6.36. The third-order valence-corrected chi connectivity index (χ3v) is 13.0. The van der Waals surface area contributed by atoms with E-state index in [2.05, 4.69) is 35.7 Å². The van der Waals surface area contributed by atoms with E-state index in [1.165, 1.54) is 4.90 Å². The summed E-state index contributed by atoms with van der Waals surface area (Å²) in [6.45, 7) is 13.0. The number of hydrogen-bond acceptors (Lipinski definition) is 13. The number of aliphatic carboxylic acids is 1. The van der Waals surface area contributed by atoms with Crippen molar-refractivity contribution in [2.24, 2.45) is 23.2 Å². The van der Waals surface area contributed by atoms with Crippen molar-refractivity contribution in [1.29, 1.82) is 0 Å². The summed E-state index contributed by atoms with van der Waals surface area (Å²) in [5, 5.41) is 23.3. The number of carboxylic acid groups (broad SMARTS) is 1. The molecular formula is C42H55ClN8O10. The second kappa shape index (κ2) is 17.1. The molecule has 3 aromatic rings. The Morgan fingerprint density at radius 3 is 2.48 bits per heavy atom. The number of amides is 3. The number of carbonyl (C=O) groups excluding carboxylic acids is 3. The second-order valence-corrected chi connectivity index (χ2v) is 18.5. The number of carboxylic acids is 1. The Balaban J connectivity index is 1.07. The number of H-pyrrole nitrogens is 1. The van der Waals surface area contributed by atoms with Crippen molar-refractivity contribution in [2.75, 3.05) is 46.0 Å². The molecule has 0 spiro atoms. The first-order valence-corrected chi connectivity index (χ1v) is 21.6. The lowest BCUT2D eigenvalue weighted by Crippen LogP contribution is -2.59. The molecule has 0 bridgehead atoms. The summed E-state index contributed by atoms with van der Waals surface area (Å²) < 4.78 is 30.0. The monoisotopic (exact) mass is 866 g/mol. The molecule has 0 radical (unpaired) electrons. The Hall–Kier alpha value is -4.94. The third-order valence-electron chi connectivity index (χ3n) is 12.7. The molecule has 1 unspecified atom stereocenters. The fourth-order valence-electron chi connectivity index (χ4n) is 9.04. The van der Waals surface area contributed by atoms with Gasteiger partial charge in [-0.1, -0.05) is 45.7 Å². The Kier molecular flexibility index (Phi) is 12.0. The Morgan fingerprint density at radius 2 is 1.82 bits per heavy atom. The molecule has 4 heterocycles. The molecule has 19 heteroatoms. The molecule has 330 valence electrons. The molecule has 3 amide bonds. The van der Waals surface area contributed by atoms with Crippen LogP contribution in [-0.4, -0.2) is 135 Å². The number of aromatic amines is 1. The first-order chi connectivity index (χ1) is 29.1. The van der Waals surface area contributed by atoms with Crippen LogP contribution in [0.2, 0.25) is 5.02 Å². The van der Waals surface area contributed by atoms with Gasteiger partial charge in [0.25, 0.3) is 0 Å². The third kappa shape index (κ3) is 9.31. The number of ether oxygens (including phenoxy) is 5. The van der Waals surface area contributed by atoms with E-state index in [-0.39, 0.29) is 54.1 Å². The van der Waals surface area contributed by atoms with Crippen LogP contribution in [0.1, 0.15) is 72.0 Å². The molecule has 2 aliphatic heterocycles. The van der Waals surface area contributed by atoms with Gasteiger partial charge in [-0.2, -0.15) is 4.98 Å². The predicted molar refractivity (Wildman–Crippen MR) is 220 cm³/mol. The van der Waals surface area contributed by atoms with E-state index in [0.29, 0.717) is 67.1 Å². The number of carbonyl (C=O) groups is 4. The summed E-state index contributed by atoms with van der Waals surface area (Å²) in [4.78, 5) is 67.3. The number of pyridine rings is 1. The summed E-state index contributed by atoms with van der Waals surface area (Å²) in [6, 6.07) is 2.85. The molecule has 61 heavy (non-hydrogen) atoms. The van der Waals surface area contributed by atoms with Crippen molar-refractivity contribution in [3.8, 4) is 23.4 Å². The standard InChI is InChI=1S/C42H55ClN8O10/c1-6-25-20-42(25,38(54)55)47-36(52)29-18-27(21-51(29)37(53)35(41(3,4)5)46-40(56)60-26-16-23-15-24(23)17-26)59-31-19-32(61-39-44-22(2)48-49-39)45-34-28(31)7-8-30(33(34)43)58-14-11-50-9-12-57-13-10-50/h7-8,19,23-27,29,35H,6,9-18,20-21H2,1-5H3,(H,46,56)(H,47,52)(H,54,55)(H,44,48,49)/t23-,24+,25-,26?,27-,29+,35-,42-/m1/s1. The molecule has 4 N–H and O–H groups in total. The number of aromatic nitrogens is 4. The van der Waals surface area contributed by atoms with Crippen LogP contribution < -0.4 is 24.8 Å². The first kappa shape index (κ1) is 42.7. The van der Waals surface area contributed by atoms with E-state index in [4.69, 9.17) is 35.3 Å². The van der Waals surface area contributed by atoms with Gasteiger partial charge in [-0.25, -0.2) is 14.6 Å². The summed E-state index contributed by atoms with van der Waals surface area (Å²) >= 11 is 6.99. The largest absolute Gasteiger partial charge is 0.491 e. The molecule has 18 nitrogen and oxygen atoms in total. The first-order valence-electron chi connectivity index (χ1n) is 21.2. The molecule has 5 aliphatic rings. The normalized spacial score (nSPS) is 27.5. The highest BCUT2D eigenvalue weighted by atomic mass is 35.5. The number of hydrogen-bond donors (Lipinski definition) is 4. The van der Waals surface area contributed by atoms with Gasteiger partial charge < -0.3 is 44.3 Å². The summed E-state index contributed by atoms with van der Waals surface area (Å²) in [6.07, 6.45) is 1.95. The van der Waals surface area contributed by atoms with Crippen LogP contribution in [0.4, 0.5) is 4.79 Å². The minimum atomic E-state index is -1.43. The van der Waals surface area contributed by atoms with Gasteiger partial charge in [0.15, 0.2) is 0 Å². The summed E-state index contributed by atoms with van der Waals surface area (Å²) in [7, 11) is 0. The molecule has 8 rings (SSSR count).